The highest BCUT2D eigenvalue weighted by atomic mass is 16.5. The van der Waals surface area contributed by atoms with Crippen LogP contribution in [0, 0.1) is 0 Å². The smallest absolute Gasteiger partial charge is 0.218 e. The van der Waals surface area contributed by atoms with Crippen molar-refractivity contribution >= 4 is 5.82 Å². The van der Waals surface area contributed by atoms with Gasteiger partial charge in [0.05, 0.1) is 12.8 Å². The Bertz CT molecular complexity index is 888. The molecule has 0 aliphatic carbocycles. The number of rotatable bonds is 5. The van der Waals surface area contributed by atoms with Gasteiger partial charge in [0.25, 0.3) is 0 Å². The highest BCUT2D eigenvalue weighted by Crippen LogP contribution is 2.23. The summed E-state index contributed by atoms with van der Waals surface area (Å²) in [6.45, 7) is 4.64. The zero-order chi connectivity index (χ0) is 18.6. The van der Waals surface area contributed by atoms with Gasteiger partial charge in [0.2, 0.25) is 5.88 Å². The minimum atomic E-state index is 0.596. The second-order valence-corrected chi connectivity index (χ2v) is 6.60. The summed E-state index contributed by atoms with van der Waals surface area (Å²) in [5, 5.41) is 4.64. The quantitative estimate of drug-likeness (QED) is 0.680. The molecule has 0 bridgehead atoms. The molecular formula is C19H23N7O. The molecule has 3 aromatic heterocycles. The summed E-state index contributed by atoms with van der Waals surface area (Å²) in [6, 6.07) is 5.89. The molecule has 4 rings (SSSR count). The number of aryl methyl sites for hydroxylation is 1. The van der Waals surface area contributed by atoms with Crippen LogP contribution in [0.3, 0.4) is 0 Å². The second-order valence-electron chi connectivity index (χ2n) is 6.60. The largest absolute Gasteiger partial charge is 0.481 e. The molecule has 4 heterocycles. The maximum atomic E-state index is 5.20. The number of hydrogen-bond acceptors (Lipinski definition) is 7. The van der Waals surface area contributed by atoms with Crippen LogP contribution < -0.4 is 9.64 Å². The van der Waals surface area contributed by atoms with Crippen LogP contribution in [0.25, 0.3) is 11.3 Å². The third-order valence-electron chi connectivity index (χ3n) is 4.77. The molecule has 0 atom stereocenters. The fraction of sp³-hybridized carbons (Fsp3) is 0.368. The maximum absolute atomic E-state index is 5.20. The molecule has 27 heavy (non-hydrogen) atoms. The number of pyridine rings is 1. The molecule has 1 aliphatic heterocycles. The number of aromatic nitrogens is 5. The first-order valence-electron chi connectivity index (χ1n) is 8.99. The van der Waals surface area contributed by atoms with Gasteiger partial charge in [0, 0.05) is 75.6 Å². The topological polar surface area (TPSA) is 72.2 Å². The zero-order valence-corrected chi connectivity index (χ0v) is 15.6. The van der Waals surface area contributed by atoms with Gasteiger partial charge < -0.3 is 9.64 Å². The van der Waals surface area contributed by atoms with Crippen LogP contribution in [0.4, 0.5) is 5.82 Å². The molecule has 1 fully saturated rings. The SMILES string of the molecule is COc1cc(N2CCN(Cc3cn(C)nc3-c3cccnc3)CC2)ncn1. The van der Waals surface area contributed by atoms with E-state index in [1.165, 1.54) is 5.56 Å². The molecule has 0 N–H and O–H groups in total. The van der Waals surface area contributed by atoms with Crippen molar-refractivity contribution in [2.45, 2.75) is 6.54 Å². The summed E-state index contributed by atoms with van der Waals surface area (Å²) < 4.78 is 7.08. The lowest BCUT2D eigenvalue weighted by Crippen LogP contribution is -2.46. The van der Waals surface area contributed by atoms with Crippen molar-refractivity contribution in [3.8, 4) is 17.1 Å². The summed E-state index contributed by atoms with van der Waals surface area (Å²) in [7, 11) is 3.58. The van der Waals surface area contributed by atoms with Crippen molar-refractivity contribution in [2.24, 2.45) is 7.05 Å². The highest BCUT2D eigenvalue weighted by Gasteiger charge is 2.21. The number of methoxy groups -OCH3 is 1. The van der Waals surface area contributed by atoms with Crippen LogP contribution in [-0.2, 0) is 13.6 Å². The molecule has 140 valence electrons. The van der Waals surface area contributed by atoms with Gasteiger partial charge in [-0.15, -0.1) is 0 Å². The van der Waals surface area contributed by atoms with E-state index in [2.05, 4.69) is 42.1 Å². The number of anilines is 1. The second kappa shape index (κ2) is 7.71. The maximum Gasteiger partial charge on any atom is 0.218 e. The minimum Gasteiger partial charge on any atom is -0.481 e. The third-order valence-corrected chi connectivity index (χ3v) is 4.77. The van der Waals surface area contributed by atoms with E-state index in [0.29, 0.717) is 5.88 Å². The van der Waals surface area contributed by atoms with Gasteiger partial charge in [-0.1, -0.05) is 0 Å². The van der Waals surface area contributed by atoms with Crippen molar-refractivity contribution in [1.82, 2.24) is 29.6 Å². The lowest BCUT2D eigenvalue weighted by molar-refractivity contribution is 0.249. The number of ether oxygens (including phenoxy) is 1. The Hall–Kier alpha value is -3.00. The molecule has 8 heteroatoms. The van der Waals surface area contributed by atoms with E-state index >= 15 is 0 Å². The van der Waals surface area contributed by atoms with Gasteiger partial charge in [-0.05, 0) is 12.1 Å². The molecule has 0 amide bonds. The summed E-state index contributed by atoms with van der Waals surface area (Å²) in [6.07, 6.45) is 7.31. The Morgan fingerprint density at radius 3 is 2.74 bits per heavy atom. The summed E-state index contributed by atoms with van der Waals surface area (Å²) in [5.41, 5.74) is 3.29. The van der Waals surface area contributed by atoms with Crippen molar-refractivity contribution in [3.05, 3.63) is 48.7 Å². The van der Waals surface area contributed by atoms with Crippen molar-refractivity contribution < 1.29 is 4.74 Å². The van der Waals surface area contributed by atoms with E-state index in [1.54, 1.807) is 19.6 Å². The average molecular weight is 365 g/mol. The van der Waals surface area contributed by atoms with E-state index in [9.17, 15) is 0 Å². The van der Waals surface area contributed by atoms with Crippen LogP contribution in [0.1, 0.15) is 5.56 Å². The molecule has 0 aromatic carbocycles. The molecule has 0 unspecified atom stereocenters. The van der Waals surface area contributed by atoms with E-state index in [1.807, 2.05) is 30.1 Å². The van der Waals surface area contributed by atoms with E-state index in [4.69, 9.17) is 4.74 Å². The number of hydrogen-bond donors (Lipinski definition) is 0. The van der Waals surface area contributed by atoms with Crippen LogP contribution in [0.2, 0.25) is 0 Å². The van der Waals surface area contributed by atoms with Crippen molar-refractivity contribution in [1.29, 1.82) is 0 Å². The minimum absolute atomic E-state index is 0.596. The van der Waals surface area contributed by atoms with Gasteiger partial charge in [-0.2, -0.15) is 5.10 Å². The first-order valence-corrected chi connectivity index (χ1v) is 8.99. The van der Waals surface area contributed by atoms with E-state index in [0.717, 1.165) is 49.8 Å². The predicted octanol–water partition coefficient (Wildman–Crippen LogP) is 1.60. The lowest BCUT2D eigenvalue weighted by atomic mass is 10.1. The zero-order valence-electron chi connectivity index (χ0n) is 15.6. The van der Waals surface area contributed by atoms with Crippen LogP contribution in [0.5, 0.6) is 5.88 Å². The Balaban J connectivity index is 1.43. The van der Waals surface area contributed by atoms with Gasteiger partial charge >= 0.3 is 0 Å². The highest BCUT2D eigenvalue weighted by molar-refractivity contribution is 5.61. The molecule has 0 radical (unpaired) electrons. The van der Waals surface area contributed by atoms with Gasteiger partial charge in [-0.25, -0.2) is 9.97 Å². The van der Waals surface area contributed by atoms with Crippen LogP contribution in [-0.4, -0.2) is 62.9 Å². The Morgan fingerprint density at radius 1 is 1.15 bits per heavy atom. The van der Waals surface area contributed by atoms with Crippen molar-refractivity contribution in [3.63, 3.8) is 0 Å². The first kappa shape index (κ1) is 17.4. The number of nitrogens with zero attached hydrogens (tertiary/aromatic N) is 7. The molecular weight excluding hydrogens is 342 g/mol. The third kappa shape index (κ3) is 3.90. The van der Waals surface area contributed by atoms with Gasteiger partial charge in [0.15, 0.2) is 0 Å². The molecule has 0 saturated carbocycles. The normalized spacial score (nSPS) is 15.1. The van der Waals surface area contributed by atoms with E-state index < -0.39 is 0 Å². The molecule has 0 spiro atoms. The summed E-state index contributed by atoms with van der Waals surface area (Å²) in [5.74, 6) is 1.51. The van der Waals surface area contributed by atoms with Crippen LogP contribution in [0.15, 0.2) is 43.1 Å². The Labute approximate surface area is 158 Å². The monoisotopic (exact) mass is 365 g/mol. The first-order chi connectivity index (χ1) is 13.2. The standard InChI is InChI=1S/C19H23N7O/c1-24-12-16(19(23-24)15-4-3-5-20-11-15)13-25-6-8-26(9-7-25)17-10-18(27-2)22-14-21-17/h3-5,10-12,14H,6-9,13H2,1-2H3. The van der Waals surface area contributed by atoms with Gasteiger partial charge in [-0.3, -0.25) is 14.6 Å². The average Bonchev–Trinajstić information content (AvgIpc) is 3.09. The molecule has 3 aromatic rings. The molecule has 1 aliphatic rings. The fourth-order valence-corrected chi connectivity index (χ4v) is 3.39. The fourth-order valence-electron chi connectivity index (χ4n) is 3.39. The summed E-state index contributed by atoms with van der Waals surface area (Å²) in [4.78, 5) is 17.4. The predicted molar refractivity (Wildman–Crippen MR) is 103 cm³/mol. The van der Waals surface area contributed by atoms with Crippen LogP contribution >= 0.6 is 0 Å². The molecule has 1 saturated heterocycles. The number of piperazine rings is 1. The molecule has 8 nitrogen and oxygen atoms in total. The Morgan fingerprint density at radius 2 is 2.00 bits per heavy atom. The van der Waals surface area contributed by atoms with Gasteiger partial charge in [0.1, 0.15) is 12.1 Å². The van der Waals surface area contributed by atoms with E-state index in [-0.39, 0.29) is 0 Å². The van der Waals surface area contributed by atoms with Crippen molar-refractivity contribution in [2.75, 3.05) is 38.2 Å². The lowest BCUT2D eigenvalue weighted by Gasteiger charge is -2.35. The summed E-state index contributed by atoms with van der Waals surface area (Å²) >= 11 is 0. The Kier molecular flexibility index (Phi) is 4.97.